The second-order valence-corrected chi connectivity index (χ2v) is 7.02. The first kappa shape index (κ1) is 21.1. The molecule has 1 aliphatic heterocycles. The maximum absolute atomic E-state index is 13.2. The summed E-state index contributed by atoms with van der Waals surface area (Å²) in [5.74, 6) is 0.772. The Hall–Kier alpha value is -3.11. The average molecular weight is 430 g/mol. The zero-order chi connectivity index (χ0) is 22.1. The van der Waals surface area contributed by atoms with Gasteiger partial charge in [0.2, 0.25) is 17.5 Å². The smallest absolute Gasteiger partial charge is 0.235 e. The van der Waals surface area contributed by atoms with Gasteiger partial charge in [-0.25, -0.2) is 0 Å². The van der Waals surface area contributed by atoms with Gasteiger partial charge in [0.1, 0.15) is 23.9 Å². The van der Waals surface area contributed by atoms with Crippen molar-refractivity contribution in [2.24, 2.45) is 0 Å². The monoisotopic (exact) mass is 430 g/mol. The van der Waals surface area contributed by atoms with E-state index in [0.29, 0.717) is 22.6 Å². The number of aliphatic hydroxyl groups is 3. The van der Waals surface area contributed by atoms with Crippen molar-refractivity contribution in [3.8, 4) is 28.6 Å². The highest BCUT2D eigenvalue weighted by Crippen LogP contribution is 2.37. The zero-order valence-corrected chi connectivity index (χ0v) is 16.8. The first-order valence-corrected chi connectivity index (χ1v) is 9.55. The maximum Gasteiger partial charge on any atom is 0.235 e. The van der Waals surface area contributed by atoms with E-state index in [1.54, 1.807) is 42.5 Å². The van der Waals surface area contributed by atoms with Gasteiger partial charge in [-0.1, -0.05) is 12.1 Å². The molecule has 2 heterocycles. The van der Waals surface area contributed by atoms with Crippen molar-refractivity contribution < 1.29 is 38.7 Å². The summed E-state index contributed by atoms with van der Waals surface area (Å²) in [5.41, 5.74) is 0.314. The predicted molar refractivity (Wildman–Crippen MR) is 109 cm³/mol. The molecule has 0 saturated carbocycles. The molecule has 0 spiro atoms. The average Bonchev–Trinajstić information content (AvgIpc) is 2.80. The molecule has 1 saturated heterocycles. The van der Waals surface area contributed by atoms with Crippen molar-refractivity contribution in [1.82, 2.24) is 0 Å². The first-order valence-electron chi connectivity index (χ1n) is 9.55. The molecule has 9 heteroatoms. The van der Waals surface area contributed by atoms with Crippen LogP contribution >= 0.6 is 0 Å². The van der Waals surface area contributed by atoms with Crippen molar-refractivity contribution >= 4 is 11.0 Å². The van der Waals surface area contributed by atoms with Crippen LogP contribution in [0.4, 0.5) is 0 Å². The van der Waals surface area contributed by atoms with Crippen LogP contribution in [0.15, 0.2) is 51.7 Å². The minimum Gasteiger partial charge on any atom is -0.493 e. The topological polar surface area (TPSA) is 128 Å². The minimum absolute atomic E-state index is 0.0843. The summed E-state index contributed by atoms with van der Waals surface area (Å²) in [4.78, 5) is 13.2. The van der Waals surface area contributed by atoms with Crippen LogP contribution < -0.4 is 19.6 Å². The number of methoxy groups -OCH3 is 2. The van der Waals surface area contributed by atoms with Gasteiger partial charge in [-0.3, -0.25) is 4.79 Å². The van der Waals surface area contributed by atoms with Gasteiger partial charge in [0.05, 0.1) is 26.2 Å². The van der Waals surface area contributed by atoms with Crippen LogP contribution in [0.3, 0.4) is 0 Å². The molecule has 3 aromatic rings. The summed E-state index contributed by atoms with van der Waals surface area (Å²) in [6, 6.07) is 11.6. The number of benzene rings is 2. The van der Waals surface area contributed by atoms with Crippen LogP contribution in [-0.4, -0.2) is 60.7 Å². The molecule has 3 N–H and O–H groups in total. The molecule has 0 aliphatic carbocycles. The van der Waals surface area contributed by atoms with Crippen molar-refractivity contribution in [2.75, 3.05) is 20.8 Å². The van der Waals surface area contributed by atoms with Crippen molar-refractivity contribution in [3.63, 3.8) is 0 Å². The summed E-state index contributed by atoms with van der Waals surface area (Å²) in [5, 5.41) is 30.2. The number of rotatable bonds is 5. The molecule has 0 amide bonds. The molecule has 1 aliphatic rings. The predicted octanol–water partition coefficient (Wildman–Crippen LogP) is 1.29. The summed E-state index contributed by atoms with van der Waals surface area (Å²) in [6.45, 7) is -0.270. The van der Waals surface area contributed by atoms with Crippen molar-refractivity contribution in [2.45, 2.75) is 24.6 Å². The van der Waals surface area contributed by atoms with Crippen LogP contribution in [0.2, 0.25) is 0 Å². The van der Waals surface area contributed by atoms with Gasteiger partial charge in [-0.2, -0.15) is 0 Å². The molecule has 4 atom stereocenters. The lowest BCUT2D eigenvalue weighted by Crippen LogP contribution is -2.55. The zero-order valence-electron chi connectivity index (χ0n) is 16.8. The third-order valence-electron chi connectivity index (χ3n) is 5.09. The standard InChI is InChI=1S/C22H22O9/c1-27-15-8-7-11(9-16(15)28-2)20-21(17(24)12-5-3-4-6-14(12)30-20)31-22-19(26)18(25)13(23)10-29-22/h3-9,13,18-19,22-23,25-26H,10H2,1-2H3/t13-,18+,19-,22+/m1/s1. The van der Waals surface area contributed by atoms with E-state index in [-0.39, 0.29) is 23.5 Å². The highest BCUT2D eigenvalue weighted by molar-refractivity contribution is 5.82. The van der Waals surface area contributed by atoms with E-state index < -0.39 is 30.0 Å². The Labute approximate surface area is 177 Å². The fourth-order valence-corrected chi connectivity index (χ4v) is 3.40. The summed E-state index contributed by atoms with van der Waals surface area (Å²) in [7, 11) is 2.98. The van der Waals surface area contributed by atoms with E-state index in [9.17, 15) is 20.1 Å². The second-order valence-electron chi connectivity index (χ2n) is 7.02. The molecule has 1 fully saturated rings. The molecular weight excluding hydrogens is 408 g/mol. The van der Waals surface area contributed by atoms with Crippen LogP contribution in [0.5, 0.6) is 17.2 Å². The quantitative estimate of drug-likeness (QED) is 0.549. The molecule has 0 bridgehead atoms. The molecule has 2 aromatic carbocycles. The van der Waals surface area contributed by atoms with E-state index >= 15 is 0 Å². The minimum atomic E-state index is -1.58. The van der Waals surface area contributed by atoms with Crippen LogP contribution in [0.1, 0.15) is 0 Å². The van der Waals surface area contributed by atoms with Crippen LogP contribution in [0.25, 0.3) is 22.3 Å². The summed E-state index contributed by atoms with van der Waals surface area (Å²) < 4.78 is 27.6. The Morgan fingerprint density at radius 1 is 0.968 bits per heavy atom. The number of aliphatic hydroxyl groups excluding tert-OH is 3. The van der Waals surface area contributed by atoms with E-state index in [0.717, 1.165) is 0 Å². The SMILES string of the molecule is COc1ccc(-c2oc3ccccc3c(=O)c2O[C@@H]2OC[C@@H](O)[C@H](O)[C@H]2O)cc1OC. The lowest BCUT2D eigenvalue weighted by molar-refractivity contribution is -0.242. The van der Waals surface area contributed by atoms with Gasteiger partial charge < -0.3 is 38.7 Å². The van der Waals surface area contributed by atoms with E-state index in [1.807, 2.05) is 0 Å². The van der Waals surface area contributed by atoms with Crippen molar-refractivity contribution in [3.05, 3.63) is 52.7 Å². The highest BCUT2D eigenvalue weighted by atomic mass is 16.7. The van der Waals surface area contributed by atoms with E-state index in [1.165, 1.54) is 14.2 Å². The van der Waals surface area contributed by atoms with Gasteiger partial charge in [-0.15, -0.1) is 0 Å². The third-order valence-corrected chi connectivity index (χ3v) is 5.09. The first-order chi connectivity index (χ1) is 14.9. The van der Waals surface area contributed by atoms with E-state index in [2.05, 4.69) is 0 Å². The Morgan fingerprint density at radius 2 is 1.71 bits per heavy atom. The Morgan fingerprint density at radius 3 is 2.45 bits per heavy atom. The van der Waals surface area contributed by atoms with Crippen LogP contribution in [0, 0.1) is 0 Å². The molecular formula is C22H22O9. The number of hydrogen-bond donors (Lipinski definition) is 3. The Bertz CT molecular complexity index is 1140. The maximum atomic E-state index is 13.2. The normalized spacial score (nSPS) is 23.5. The number of para-hydroxylation sites is 1. The van der Waals surface area contributed by atoms with Gasteiger partial charge >= 0.3 is 0 Å². The second kappa shape index (κ2) is 8.56. The largest absolute Gasteiger partial charge is 0.493 e. The highest BCUT2D eigenvalue weighted by Gasteiger charge is 2.40. The molecule has 0 radical (unpaired) electrons. The fourth-order valence-electron chi connectivity index (χ4n) is 3.40. The Balaban J connectivity index is 1.86. The lowest BCUT2D eigenvalue weighted by Gasteiger charge is -2.34. The molecule has 4 rings (SSSR count). The van der Waals surface area contributed by atoms with Gasteiger partial charge in [0.15, 0.2) is 17.3 Å². The third kappa shape index (κ3) is 3.84. The molecule has 31 heavy (non-hydrogen) atoms. The molecule has 9 nitrogen and oxygen atoms in total. The summed E-state index contributed by atoms with van der Waals surface area (Å²) in [6.07, 6.45) is -5.72. The Kier molecular flexibility index (Phi) is 5.84. The number of ether oxygens (including phenoxy) is 4. The number of hydrogen-bond acceptors (Lipinski definition) is 9. The fraction of sp³-hybridized carbons (Fsp3) is 0.318. The van der Waals surface area contributed by atoms with Crippen LogP contribution in [-0.2, 0) is 4.74 Å². The van der Waals surface area contributed by atoms with Gasteiger partial charge in [0.25, 0.3) is 0 Å². The molecule has 1 aromatic heterocycles. The number of fused-ring (bicyclic) bond motifs is 1. The van der Waals surface area contributed by atoms with Gasteiger partial charge in [-0.05, 0) is 30.3 Å². The van der Waals surface area contributed by atoms with Crippen molar-refractivity contribution in [1.29, 1.82) is 0 Å². The lowest BCUT2D eigenvalue weighted by atomic mass is 10.1. The summed E-state index contributed by atoms with van der Waals surface area (Å²) >= 11 is 0. The van der Waals surface area contributed by atoms with Gasteiger partial charge in [0, 0.05) is 5.56 Å². The molecule has 0 unspecified atom stereocenters. The molecule has 164 valence electrons. The van der Waals surface area contributed by atoms with E-state index in [4.69, 9.17) is 23.4 Å².